The lowest BCUT2D eigenvalue weighted by Gasteiger charge is -2.21. The van der Waals surface area contributed by atoms with Crippen molar-refractivity contribution in [1.82, 2.24) is 15.0 Å². The lowest BCUT2D eigenvalue weighted by atomic mass is 10.0. The van der Waals surface area contributed by atoms with E-state index in [-0.39, 0.29) is 5.56 Å². The predicted octanol–water partition coefficient (Wildman–Crippen LogP) is 4.39. The molecule has 32 heavy (non-hydrogen) atoms. The van der Waals surface area contributed by atoms with E-state index < -0.39 is 30.2 Å². The number of nitrogens with zero attached hydrogens (tertiary/aromatic N) is 3. The zero-order valence-electron chi connectivity index (χ0n) is 17.1. The number of aliphatic hydroxyl groups excluding tert-OH is 1. The lowest BCUT2D eigenvalue weighted by molar-refractivity contribution is -0.137. The van der Waals surface area contributed by atoms with E-state index in [0.717, 1.165) is 41.9 Å². The van der Waals surface area contributed by atoms with Crippen LogP contribution in [0.5, 0.6) is 5.75 Å². The van der Waals surface area contributed by atoms with E-state index in [2.05, 4.69) is 10.2 Å². The first-order valence-electron chi connectivity index (χ1n) is 10.2. The summed E-state index contributed by atoms with van der Waals surface area (Å²) in [5.41, 5.74) is 2.60. The van der Waals surface area contributed by atoms with Crippen LogP contribution in [0.4, 0.5) is 13.2 Å². The van der Waals surface area contributed by atoms with Gasteiger partial charge in [-0.3, -0.25) is 0 Å². The summed E-state index contributed by atoms with van der Waals surface area (Å²) in [5, 5.41) is 18.9. The number of rotatable bonds is 5. The van der Waals surface area contributed by atoms with Crippen molar-refractivity contribution in [1.29, 1.82) is 0 Å². The Bertz CT molecular complexity index is 1190. The Morgan fingerprint density at radius 1 is 1.19 bits per heavy atom. The first-order valence-corrected chi connectivity index (χ1v) is 10.2. The molecule has 1 N–H and O–H groups in total. The van der Waals surface area contributed by atoms with Gasteiger partial charge in [0, 0.05) is 0 Å². The highest BCUT2D eigenvalue weighted by atomic mass is 19.4. The lowest BCUT2D eigenvalue weighted by Crippen LogP contribution is -2.18. The van der Waals surface area contributed by atoms with Crippen molar-refractivity contribution in [3.8, 4) is 11.4 Å². The Hall–Kier alpha value is -3.17. The first kappa shape index (κ1) is 20.7. The molecule has 3 unspecified atom stereocenters. The van der Waals surface area contributed by atoms with Crippen molar-refractivity contribution in [2.24, 2.45) is 0 Å². The van der Waals surface area contributed by atoms with Gasteiger partial charge in [-0.25, -0.2) is 0 Å². The first-order chi connectivity index (χ1) is 15.3. The van der Waals surface area contributed by atoms with Crippen LogP contribution in [-0.4, -0.2) is 32.5 Å². The van der Waals surface area contributed by atoms with Crippen LogP contribution in [0.1, 0.15) is 40.6 Å². The molecule has 0 radical (unpaired) electrons. The van der Waals surface area contributed by atoms with Crippen LogP contribution in [0.2, 0.25) is 0 Å². The molecule has 0 bridgehead atoms. The fourth-order valence-corrected chi connectivity index (χ4v) is 3.75. The van der Waals surface area contributed by atoms with Gasteiger partial charge in [0.2, 0.25) is 0 Å². The van der Waals surface area contributed by atoms with Gasteiger partial charge in [-0.15, -0.1) is 9.90 Å². The normalized spacial score (nSPS) is 20.7. The monoisotopic (exact) mass is 443 g/mol. The van der Waals surface area contributed by atoms with Gasteiger partial charge in [0.1, 0.15) is 17.1 Å². The molecule has 3 aromatic rings. The van der Waals surface area contributed by atoms with Crippen molar-refractivity contribution in [2.75, 3.05) is 0 Å². The molecular formula is C23H20F3N3O3. The Balaban J connectivity index is 1.53. The van der Waals surface area contributed by atoms with Gasteiger partial charge in [0.05, 0.1) is 11.3 Å². The maximum atomic E-state index is 13.2. The topological polar surface area (TPSA) is 72.7 Å². The highest BCUT2D eigenvalue weighted by Gasteiger charge is 2.47. The minimum atomic E-state index is -4.50. The van der Waals surface area contributed by atoms with E-state index in [1.165, 1.54) is 16.9 Å². The van der Waals surface area contributed by atoms with Crippen LogP contribution >= 0.6 is 0 Å². The molecule has 2 aromatic carbocycles. The third kappa shape index (κ3) is 4.01. The van der Waals surface area contributed by atoms with E-state index in [4.69, 9.17) is 9.47 Å². The summed E-state index contributed by atoms with van der Waals surface area (Å²) in [6.45, 7) is 1.91. The van der Waals surface area contributed by atoms with E-state index in [1.54, 1.807) is 6.07 Å². The summed E-state index contributed by atoms with van der Waals surface area (Å²) in [7, 11) is 0. The van der Waals surface area contributed by atoms with Crippen molar-refractivity contribution < 1.29 is 27.8 Å². The highest BCUT2D eigenvalue weighted by molar-refractivity contribution is 5.52. The predicted molar refractivity (Wildman–Crippen MR) is 109 cm³/mol. The molecule has 0 spiro atoms. The van der Waals surface area contributed by atoms with Crippen molar-refractivity contribution >= 4 is 6.08 Å². The molecule has 0 amide bonds. The number of ether oxygens (including phenoxy) is 2. The van der Waals surface area contributed by atoms with Crippen LogP contribution in [0.3, 0.4) is 0 Å². The molecule has 2 heterocycles. The van der Waals surface area contributed by atoms with Gasteiger partial charge in [-0.05, 0) is 61.2 Å². The molecule has 0 saturated carbocycles. The average Bonchev–Trinajstić information content (AvgIpc) is 3.32. The minimum absolute atomic E-state index is 0.253. The molecule has 6 nitrogen and oxygen atoms in total. The number of halogens is 3. The molecule has 166 valence electrons. The summed E-state index contributed by atoms with van der Waals surface area (Å²) < 4.78 is 51.1. The summed E-state index contributed by atoms with van der Waals surface area (Å²) in [6, 6.07) is 10.2. The molecule has 3 atom stereocenters. The number of benzene rings is 2. The molecule has 2 aliphatic rings. The van der Waals surface area contributed by atoms with Crippen LogP contribution in [0, 0.1) is 6.92 Å². The molecule has 1 aliphatic carbocycles. The zero-order valence-corrected chi connectivity index (χ0v) is 17.1. The van der Waals surface area contributed by atoms with E-state index in [9.17, 15) is 18.3 Å². The number of alkyl halides is 3. The summed E-state index contributed by atoms with van der Waals surface area (Å²) in [6.07, 6.45) is -1.72. The number of aryl methyl sites for hydroxylation is 2. The zero-order chi connectivity index (χ0) is 22.5. The van der Waals surface area contributed by atoms with Gasteiger partial charge in [0.15, 0.2) is 18.5 Å². The Labute approximate surface area is 181 Å². The summed E-state index contributed by atoms with van der Waals surface area (Å²) >= 11 is 0. The number of fused-ring (bicyclic) bond motifs is 1. The highest BCUT2D eigenvalue weighted by Crippen LogP contribution is 2.40. The van der Waals surface area contributed by atoms with Gasteiger partial charge in [-0.1, -0.05) is 24.3 Å². The molecule has 1 aliphatic heterocycles. The fraction of sp³-hybridized carbons (Fsp3) is 0.304. The second kappa shape index (κ2) is 7.75. The number of hydrogen-bond donors (Lipinski definition) is 1. The van der Waals surface area contributed by atoms with E-state index in [1.807, 2.05) is 31.2 Å². The van der Waals surface area contributed by atoms with E-state index in [0.29, 0.717) is 11.4 Å². The second-order valence-electron chi connectivity index (χ2n) is 7.89. The Kier molecular flexibility index (Phi) is 5.02. The number of allylic oxidation sites excluding steroid dienone is 1. The maximum absolute atomic E-state index is 13.2. The van der Waals surface area contributed by atoms with Crippen molar-refractivity contribution in [3.63, 3.8) is 0 Å². The summed E-state index contributed by atoms with van der Waals surface area (Å²) in [4.78, 5) is 1.48. The molecule has 1 saturated heterocycles. The molecular weight excluding hydrogens is 423 g/mol. The van der Waals surface area contributed by atoms with Gasteiger partial charge in [0.25, 0.3) is 0 Å². The maximum Gasteiger partial charge on any atom is 0.416 e. The van der Waals surface area contributed by atoms with Crippen LogP contribution < -0.4 is 4.74 Å². The Morgan fingerprint density at radius 2 is 2.00 bits per heavy atom. The quantitative estimate of drug-likeness (QED) is 0.592. The fourth-order valence-electron chi connectivity index (χ4n) is 3.75. The molecule has 9 heteroatoms. The average molecular weight is 443 g/mol. The van der Waals surface area contributed by atoms with Crippen LogP contribution in [-0.2, 0) is 17.3 Å². The molecule has 5 rings (SSSR count). The second-order valence-corrected chi connectivity index (χ2v) is 7.89. The SMILES string of the molecule is Cc1ccc(OC(c2cccc(C(F)(F)F)c2)C2OC2O)c(-n2nc3c(n2)CCC=C3)c1. The standard InChI is InChI=1S/C23H20F3N3O3/c1-13-9-10-19(18(11-13)29-27-16-7-2-3-8-17(16)28-29)31-20(21-22(30)32-21)14-5-4-6-15(12-14)23(24,25)26/h2,4-7,9-12,20-22,30H,3,8H2,1H3. The van der Waals surface area contributed by atoms with Crippen molar-refractivity contribution in [2.45, 2.75) is 44.4 Å². The largest absolute Gasteiger partial charge is 0.480 e. The van der Waals surface area contributed by atoms with Gasteiger partial charge in [-0.2, -0.15) is 18.3 Å². The third-order valence-electron chi connectivity index (χ3n) is 5.46. The number of aromatic nitrogens is 3. The van der Waals surface area contributed by atoms with Gasteiger partial charge >= 0.3 is 6.18 Å². The smallest absolute Gasteiger partial charge is 0.416 e. The number of epoxide rings is 1. The molecule has 1 fully saturated rings. The molecule has 1 aromatic heterocycles. The van der Waals surface area contributed by atoms with Gasteiger partial charge < -0.3 is 14.6 Å². The number of hydrogen-bond acceptors (Lipinski definition) is 5. The van der Waals surface area contributed by atoms with Crippen LogP contribution in [0.15, 0.2) is 48.5 Å². The number of aliphatic hydroxyl groups is 1. The minimum Gasteiger partial charge on any atom is -0.480 e. The van der Waals surface area contributed by atoms with E-state index >= 15 is 0 Å². The summed E-state index contributed by atoms with van der Waals surface area (Å²) in [5.74, 6) is 0.372. The Morgan fingerprint density at radius 3 is 2.72 bits per heavy atom. The van der Waals surface area contributed by atoms with Crippen LogP contribution in [0.25, 0.3) is 11.8 Å². The third-order valence-corrected chi connectivity index (χ3v) is 5.46. The van der Waals surface area contributed by atoms with Crippen molar-refractivity contribution in [3.05, 3.63) is 76.6 Å².